The number of hydrogen-bond donors (Lipinski definition) is 2. The number of aromatic nitrogens is 1. The van der Waals surface area contributed by atoms with Gasteiger partial charge in [-0.1, -0.05) is 66.4 Å². The molecule has 2 N–H and O–H groups in total. The number of nitrogens with zero attached hydrogens (tertiary/aromatic N) is 1. The van der Waals surface area contributed by atoms with Gasteiger partial charge in [0.05, 0.1) is 12.5 Å². The van der Waals surface area contributed by atoms with Gasteiger partial charge in [0, 0.05) is 17.6 Å². The molecule has 0 saturated heterocycles. The van der Waals surface area contributed by atoms with Gasteiger partial charge in [0.25, 0.3) is 5.91 Å². The van der Waals surface area contributed by atoms with Gasteiger partial charge in [-0.2, -0.15) is 0 Å². The van der Waals surface area contributed by atoms with Crippen molar-refractivity contribution >= 4 is 22.6 Å². The van der Waals surface area contributed by atoms with Crippen molar-refractivity contribution in [2.75, 3.05) is 6.54 Å². The lowest BCUT2D eigenvalue weighted by molar-refractivity contribution is -0.139. The number of carbonyl (C=O) groups is 2. The lowest BCUT2D eigenvalue weighted by atomic mass is 9.72. The number of aliphatic carboxylic acids is 1. The fourth-order valence-electron chi connectivity index (χ4n) is 6.25. The first-order valence-electron chi connectivity index (χ1n) is 14.5. The summed E-state index contributed by atoms with van der Waals surface area (Å²) in [7, 11) is 0. The number of pyridine rings is 1. The first-order valence-corrected chi connectivity index (χ1v) is 14.5. The Morgan fingerprint density at radius 2 is 1.68 bits per heavy atom. The van der Waals surface area contributed by atoms with Crippen molar-refractivity contribution in [3.8, 4) is 5.75 Å². The van der Waals surface area contributed by atoms with Gasteiger partial charge in [0.2, 0.25) is 0 Å². The zero-order valence-corrected chi connectivity index (χ0v) is 23.9. The average molecular weight is 523 g/mol. The molecule has 0 atom stereocenters. The summed E-state index contributed by atoms with van der Waals surface area (Å²) in [6, 6.07) is 8.05. The summed E-state index contributed by atoms with van der Waals surface area (Å²) in [5.74, 6) is 1.11. The van der Waals surface area contributed by atoms with Gasteiger partial charge in [-0.3, -0.25) is 9.59 Å². The van der Waals surface area contributed by atoms with E-state index in [2.05, 4.69) is 38.2 Å². The van der Waals surface area contributed by atoms with Crippen LogP contribution in [0, 0.1) is 22.7 Å². The van der Waals surface area contributed by atoms with Gasteiger partial charge in [0.15, 0.2) is 0 Å². The number of fused-ring (bicyclic) bond motifs is 1. The Balaban J connectivity index is 1.53. The van der Waals surface area contributed by atoms with E-state index in [0.717, 1.165) is 47.4 Å². The highest BCUT2D eigenvalue weighted by Crippen LogP contribution is 2.39. The van der Waals surface area contributed by atoms with Crippen LogP contribution >= 0.6 is 0 Å². The Kier molecular flexibility index (Phi) is 8.68. The monoisotopic (exact) mass is 522 g/mol. The molecule has 0 aliphatic heterocycles. The lowest BCUT2D eigenvalue weighted by Crippen LogP contribution is -2.35. The number of carboxylic acid groups (broad SMARTS) is 1. The summed E-state index contributed by atoms with van der Waals surface area (Å²) in [6.07, 6.45) is 10.6. The average Bonchev–Trinajstić information content (AvgIpc) is 3.35. The van der Waals surface area contributed by atoms with E-state index >= 15 is 0 Å². The van der Waals surface area contributed by atoms with E-state index in [1.54, 1.807) is 0 Å². The van der Waals surface area contributed by atoms with E-state index < -0.39 is 11.4 Å². The van der Waals surface area contributed by atoms with E-state index in [9.17, 15) is 9.59 Å². The quantitative estimate of drug-likeness (QED) is 0.364. The molecule has 2 fully saturated rings. The summed E-state index contributed by atoms with van der Waals surface area (Å²) >= 11 is 0. The van der Waals surface area contributed by atoms with Gasteiger partial charge >= 0.3 is 5.97 Å². The Labute approximate surface area is 227 Å². The molecule has 1 amide bonds. The van der Waals surface area contributed by atoms with Crippen LogP contribution in [0.2, 0.25) is 0 Å². The fourth-order valence-corrected chi connectivity index (χ4v) is 6.25. The summed E-state index contributed by atoms with van der Waals surface area (Å²) in [5, 5.41) is 14.1. The summed E-state index contributed by atoms with van der Waals surface area (Å²) in [5.41, 5.74) is 1.17. The molecule has 2 aliphatic carbocycles. The minimum Gasteiger partial charge on any atom is -0.490 e. The Morgan fingerprint density at radius 1 is 1.00 bits per heavy atom. The number of carboxylic acids is 1. The summed E-state index contributed by atoms with van der Waals surface area (Å²) in [4.78, 5) is 29.1. The first kappa shape index (κ1) is 28.4. The topological polar surface area (TPSA) is 88.5 Å². The standard InChI is InChI=1S/C32H46N2O4/c1-31(2,3)23-11-14-24(15-12-23)38-25-13-10-22-17-28(30(37)33-20-32(4,5)19-29(35)36)34-27(26(22)18-25)16-21-8-6-7-9-21/h10,13,17-18,21,23-24H,6-9,11-12,14-16,19-20H2,1-5H3,(H,33,37)(H,35,36). The maximum atomic E-state index is 13.1. The third-order valence-electron chi connectivity index (χ3n) is 8.63. The molecule has 1 heterocycles. The molecule has 1 aromatic carbocycles. The molecular formula is C32H46N2O4. The predicted octanol–water partition coefficient (Wildman–Crippen LogP) is 7.18. The maximum Gasteiger partial charge on any atom is 0.303 e. The highest BCUT2D eigenvalue weighted by Gasteiger charge is 2.30. The van der Waals surface area contributed by atoms with Gasteiger partial charge in [0.1, 0.15) is 11.4 Å². The molecule has 208 valence electrons. The first-order chi connectivity index (χ1) is 17.9. The summed E-state index contributed by atoms with van der Waals surface area (Å²) < 4.78 is 6.48. The largest absolute Gasteiger partial charge is 0.490 e. The van der Waals surface area contributed by atoms with Crippen molar-refractivity contribution < 1.29 is 19.4 Å². The minimum absolute atomic E-state index is 0.00795. The molecule has 1 aromatic heterocycles. The van der Waals surface area contributed by atoms with Gasteiger partial charge in [-0.25, -0.2) is 4.98 Å². The van der Waals surface area contributed by atoms with E-state index in [4.69, 9.17) is 14.8 Å². The van der Waals surface area contributed by atoms with Crippen LogP contribution in [0.1, 0.15) is 109 Å². The molecule has 2 aliphatic rings. The zero-order chi connectivity index (χ0) is 27.5. The number of amides is 1. The number of carbonyl (C=O) groups excluding carboxylic acids is 1. The number of benzene rings is 1. The van der Waals surface area contributed by atoms with E-state index in [0.29, 0.717) is 17.0 Å². The molecule has 6 heteroatoms. The molecule has 38 heavy (non-hydrogen) atoms. The Bertz CT molecular complexity index is 1140. The second-order valence-electron chi connectivity index (χ2n) is 13.6. The summed E-state index contributed by atoms with van der Waals surface area (Å²) in [6.45, 7) is 11.0. The molecule has 6 nitrogen and oxygen atoms in total. The van der Waals surface area contributed by atoms with Crippen molar-refractivity contribution in [3.63, 3.8) is 0 Å². The predicted molar refractivity (Wildman–Crippen MR) is 152 cm³/mol. The lowest BCUT2D eigenvalue weighted by Gasteiger charge is -2.37. The zero-order valence-electron chi connectivity index (χ0n) is 23.9. The fraction of sp³-hybridized carbons (Fsp3) is 0.656. The second-order valence-corrected chi connectivity index (χ2v) is 13.6. The van der Waals surface area contributed by atoms with Crippen molar-refractivity contribution in [1.29, 1.82) is 0 Å². The third-order valence-corrected chi connectivity index (χ3v) is 8.63. The van der Waals surface area contributed by atoms with E-state index in [1.807, 2.05) is 26.0 Å². The van der Waals surface area contributed by atoms with Crippen LogP contribution in [0.5, 0.6) is 5.75 Å². The molecule has 0 bridgehead atoms. The van der Waals surface area contributed by atoms with Crippen LogP contribution < -0.4 is 10.1 Å². The number of rotatable bonds is 9. The van der Waals surface area contributed by atoms with Gasteiger partial charge in [-0.05, 0) is 78.4 Å². The molecule has 0 radical (unpaired) electrons. The molecule has 4 rings (SSSR count). The van der Waals surface area contributed by atoms with Crippen LogP contribution in [-0.4, -0.2) is 34.6 Å². The number of hydrogen-bond acceptors (Lipinski definition) is 4. The van der Waals surface area contributed by atoms with E-state index in [1.165, 1.54) is 38.5 Å². The molecular weight excluding hydrogens is 476 g/mol. The van der Waals surface area contributed by atoms with Crippen molar-refractivity contribution in [3.05, 3.63) is 35.7 Å². The third kappa shape index (κ3) is 7.48. The molecule has 0 spiro atoms. The number of nitrogens with one attached hydrogen (secondary N) is 1. The van der Waals surface area contributed by atoms with Crippen LogP contribution in [0.3, 0.4) is 0 Å². The van der Waals surface area contributed by atoms with Gasteiger partial charge in [-0.15, -0.1) is 0 Å². The Morgan fingerprint density at radius 3 is 2.32 bits per heavy atom. The second kappa shape index (κ2) is 11.6. The molecule has 2 saturated carbocycles. The maximum absolute atomic E-state index is 13.1. The van der Waals surface area contributed by atoms with Crippen LogP contribution in [-0.2, 0) is 11.2 Å². The van der Waals surface area contributed by atoms with Crippen molar-refractivity contribution in [1.82, 2.24) is 10.3 Å². The molecule has 2 aromatic rings. The number of ether oxygens (including phenoxy) is 1. The highest BCUT2D eigenvalue weighted by atomic mass is 16.5. The van der Waals surface area contributed by atoms with Crippen molar-refractivity contribution in [2.45, 2.75) is 105 Å². The smallest absolute Gasteiger partial charge is 0.303 e. The SMILES string of the molecule is CC(C)(CNC(=O)c1cc2ccc(OC3CCC(C(C)(C)C)CC3)cc2c(CC2CCCC2)n1)CC(=O)O. The van der Waals surface area contributed by atoms with Crippen LogP contribution in [0.4, 0.5) is 0 Å². The van der Waals surface area contributed by atoms with Gasteiger partial charge < -0.3 is 15.2 Å². The van der Waals surface area contributed by atoms with Crippen molar-refractivity contribution in [2.24, 2.45) is 22.7 Å². The normalized spacial score (nSPS) is 21.0. The Hall–Kier alpha value is -2.63. The molecule has 0 unspecified atom stereocenters. The van der Waals surface area contributed by atoms with Crippen LogP contribution in [0.25, 0.3) is 10.8 Å². The minimum atomic E-state index is -0.868. The van der Waals surface area contributed by atoms with Crippen LogP contribution in [0.15, 0.2) is 24.3 Å². The van der Waals surface area contributed by atoms with E-state index in [-0.39, 0.29) is 25.0 Å². The highest BCUT2D eigenvalue weighted by molar-refractivity contribution is 5.97.